The minimum atomic E-state index is -0.414. The van der Waals surface area contributed by atoms with Crippen molar-refractivity contribution in [2.75, 3.05) is 38.6 Å². The molecule has 1 fully saturated rings. The highest BCUT2D eigenvalue weighted by molar-refractivity contribution is 7.15. The molecule has 1 atom stereocenters. The number of rotatable bonds is 4. The number of imidazole rings is 1. The number of morpholine rings is 1. The van der Waals surface area contributed by atoms with Crippen molar-refractivity contribution in [1.29, 1.82) is 0 Å². The van der Waals surface area contributed by atoms with Gasteiger partial charge in [0, 0.05) is 25.0 Å². The molecule has 0 aliphatic carbocycles. The van der Waals surface area contributed by atoms with Crippen molar-refractivity contribution < 1.29 is 9.66 Å². The van der Waals surface area contributed by atoms with Crippen molar-refractivity contribution in [3.05, 3.63) is 21.7 Å². The Labute approximate surface area is 119 Å². The molecule has 2 aromatic heterocycles. The van der Waals surface area contributed by atoms with Gasteiger partial charge >= 0.3 is 5.82 Å². The van der Waals surface area contributed by atoms with Crippen LogP contribution in [0.15, 0.2) is 11.6 Å². The molecule has 0 spiro atoms. The summed E-state index contributed by atoms with van der Waals surface area (Å²) in [5, 5.41) is 16.0. The summed E-state index contributed by atoms with van der Waals surface area (Å²) < 4.78 is 7.11. The van der Waals surface area contributed by atoms with Crippen molar-refractivity contribution in [1.82, 2.24) is 14.3 Å². The second-order valence-corrected chi connectivity index (χ2v) is 5.61. The molecule has 1 unspecified atom stereocenters. The highest BCUT2D eigenvalue weighted by atomic mass is 32.1. The maximum absolute atomic E-state index is 11.2. The number of anilines is 1. The highest BCUT2D eigenvalue weighted by Crippen LogP contribution is 2.28. The molecular weight excluding hydrogens is 282 g/mol. The van der Waals surface area contributed by atoms with Crippen LogP contribution in [-0.4, -0.2) is 58.6 Å². The molecule has 3 rings (SSSR count). The zero-order valence-corrected chi connectivity index (χ0v) is 11.8. The van der Waals surface area contributed by atoms with E-state index in [9.17, 15) is 10.1 Å². The Morgan fingerprint density at radius 2 is 2.55 bits per heavy atom. The van der Waals surface area contributed by atoms with E-state index in [0.717, 1.165) is 13.1 Å². The summed E-state index contributed by atoms with van der Waals surface area (Å²) in [6, 6.07) is 0. The summed E-state index contributed by atoms with van der Waals surface area (Å²) in [5.41, 5.74) is 0. The number of likely N-dealkylation sites (N-methyl/N-ethyl adjacent to an activating group) is 1. The lowest BCUT2D eigenvalue weighted by molar-refractivity contribution is -0.389. The van der Waals surface area contributed by atoms with E-state index < -0.39 is 4.92 Å². The van der Waals surface area contributed by atoms with Crippen LogP contribution < -0.4 is 5.32 Å². The Hall–Kier alpha value is -1.71. The van der Waals surface area contributed by atoms with Crippen molar-refractivity contribution in [3.63, 3.8) is 0 Å². The van der Waals surface area contributed by atoms with Crippen LogP contribution >= 0.6 is 11.3 Å². The van der Waals surface area contributed by atoms with Gasteiger partial charge < -0.3 is 25.1 Å². The van der Waals surface area contributed by atoms with E-state index in [0.29, 0.717) is 23.9 Å². The van der Waals surface area contributed by atoms with Gasteiger partial charge in [0.2, 0.25) is 5.82 Å². The number of hydrogen-bond donors (Lipinski definition) is 1. The molecule has 108 valence electrons. The molecule has 1 saturated heterocycles. The molecule has 0 saturated carbocycles. The van der Waals surface area contributed by atoms with E-state index >= 15 is 0 Å². The van der Waals surface area contributed by atoms with Crippen molar-refractivity contribution in [3.8, 4) is 0 Å². The number of hydrogen-bond acceptors (Lipinski definition) is 7. The molecule has 20 heavy (non-hydrogen) atoms. The normalized spacial score (nSPS) is 20.4. The lowest BCUT2D eigenvalue weighted by atomic mass is 10.3. The molecule has 3 heterocycles. The fourth-order valence-corrected chi connectivity index (χ4v) is 2.98. The van der Waals surface area contributed by atoms with Crippen LogP contribution in [0.2, 0.25) is 0 Å². The third kappa shape index (κ3) is 2.47. The predicted molar refractivity (Wildman–Crippen MR) is 75.5 cm³/mol. The summed E-state index contributed by atoms with van der Waals surface area (Å²) >= 11 is 1.37. The monoisotopic (exact) mass is 297 g/mol. The van der Waals surface area contributed by atoms with Gasteiger partial charge in [-0.15, -0.1) is 0 Å². The largest absolute Gasteiger partial charge is 0.374 e. The summed E-state index contributed by atoms with van der Waals surface area (Å²) in [5.74, 6) is 0.282. The fraction of sp³-hybridized carbons (Fsp3) is 0.545. The van der Waals surface area contributed by atoms with Crippen LogP contribution in [0.5, 0.6) is 0 Å². The molecule has 0 aromatic carbocycles. The molecule has 9 heteroatoms. The number of thiazole rings is 1. The topological polar surface area (TPSA) is 84.9 Å². The standard InChI is InChI=1S/C11H15N5O3S/c1-14-2-4-19-8(7-14)6-12-9-10(16(17)18)15-3-5-20-11(15)13-9/h3,5,8,12H,2,4,6-7H2,1H3. The Kier molecular flexibility index (Phi) is 3.55. The summed E-state index contributed by atoms with van der Waals surface area (Å²) in [6.07, 6.45) is 1.68. The van der Waals surface area contributed by atoms with Gasteiger partial charge in [0.25, 0.3) is 4.96 Å². The van der Waals surface area contributed by atoms with Crippen molar-refractivity contribution in [2.45, 2.75) is 6.10 Å². The average Bonchev–Trinajstić information content (AvgIpc) is 2.95. The first-order valence-corrected chi connectivity index (χ1v) is 7.17. The second kappa shape index (κ2) is 5.35. The Balaban J connectivity index is 1.75. The van der Waals surface area contributed by atoms with Crippen molar-refractivity contribution in [2.24, 2.45) is 0 Å². The maximum atomic E-state index is 11.2. The van der Waals surface area contributed by atoms with Gasteiger partial charge in [0.05, 0.1) is 12.7 Å². The minimum Gasteiger partial charge on any atom is -0.374 e. The molecule has 0 radical (unpaired) electrons. The zero-order chi connectivity index (χ0) is 14.1. The van der Waals surface area contributed by atoms with Crippen LogP contribution in [0.25, 0.3) is 4.96 Å². The maximum Gasteiger partial charge on any atom is 0.372 e. The molecule has 0 bridgehead atoms. The molecular formula is C11H15N5O3S. The molecule has 1 N–H and O–H groups in total. The van der Waals surface area contributed by atoms with Gasteiger partial charge in [0.1, 0.15) is 6.20 Å². The zero-order valence-electron chi connectivity index (χ0n) is 11.0. The Morgan fingerprint density at radius 1 is 1.70 bits per heavy atom. The number of nitrogens with zero attached hydrogens (tertiary/aromatic N) is 4. The quantitative estimate of drug-likeness (QED) is 0.670. The lowest BCUT2D eigenvalue weighted by Gasteiger charge is -2.29. The third-order valence-corrected chi connectivity index (χ3v) is 4.01. The summed E-state index contributed by atoms with van der Waals surface area (Å²) in [7, 11) is 2.03. The number of nitrogens with one attached hydrogen (secondary N) is 1. The average molecular weight is 297 g/mol. The van der Waals surface area contributed by atoms with Gasteiger partial charge in [-0.3, -0.25) is 0 Å². The SMILES string of the molecule is CN1CCOC(CNc2nc3sccn3c2[N+](=O)[O-])C1. The van der Waals surface area contributed by atoms with Crippen LogP contribution in [0.1, 0.15) is 0 Å². The highest BCUT2D eigenvalue weighted by Gasteiger charge is 2.25. The van der Waals surface area contributed by atoms with E-state index in [-0.39, 0.29) is 11.9 Å². The van der Waals surface area contributed by atoms with Crippen LogP contribution in [0.3, 0.4) is 0 Å². The van der Waals surface area contributed by atoms with Gasteiger partial charge in [-0.2, -0.15) is 9.38 Å². The fourth-order valence-electron chi connectivity index (χ4n) is 2.27. The Bertz CT molecular complexity index is 625. The molecule has 8 nitrogen and oxygen atoms in total. The lowest BCUT2D eigenvalue weighted by Crippen LogP contribution is -2.43. The predicted octanol–water partition coefficient (Wildman–Crippen LogP) is 1.05. The Morgan fingerprint density at radius 3 is 3.30 bits per heavy atom. The van der Waals surface area contributed by atoms with Gasteiger partial charge in [0.15, 0.2) is 0 Å². The number of fused-ring (bicyclic) bond motifs is 1. The smallest absolute Gasteiger partial charge is 0.372 e. The third-order valence-electron chi connectivity index (χ3n) is 3.25. The van der Waals surface area contributed by atoms with Crippen molar-refractivity contribution >= 4 is 27.9 Å². The van der Waals surface area contributed by atoms with E-state index in [1.807, 2.05) is 7.05 Å². The molecule has 0 amide bonds. The number of nitro groups is 1. The van der Waals surface area contributed by atoms with E-state index in [2.05, 4.69) is 15.2 Å². The first kappa shape index (κ1) is 13.3. The van der Waals surface area contributed by atoms with Crippen LogP contribution in [-0.2, 0) is 4.74 Å². The molecule has 1 aliphatic heterocycles. The van der Waals surface area contributed by atoms with Gasteiger partial charge in [-0.1, -0.05) is 11.3 Å². The van der Waals surface area contributed by atoms with Crippen LogP contribution in [0, 0.1) is 10.1 Å². The van der Waals surface area contributed by atoms with Gasteiger partial charge in [-0.05, 0) is 12.0 Å². The summed E-state index contributed by atoms with van der Waals surface area (Å²) in [6.45, 7) is 2.92. The molecule has 2 aromatic rings. The van der Waals surface area contributed by atoms with Gasteiger partial charge in [-0.25, -0.2) is 0 Å². The minimum absolute atomic E-state index is 0.0214. The van der Waals surface area contributed by atoms with E-state index in [1.165, 1.54) is 15.7 Å². The molecule has 1 aliphatic rings. The first-order chi connectivity index (χ1) is 9.65. The first-order valence-electron chi connectivity index (χ1n) is 6.29. The second-order valence-electron chi connectivity index (χ2n) is 4.73. The number of ether oxygens (including phenoxy) is 1. The number of aromatic nitrogens is 2. The van der Waals surface area contributed by atoms with E-state index in [4.69, 9.17) is 4.74 Å². The van der Waals surface area contributed by atoms with Crippen LogP contribution in [0.4, 0.5) is 11.6 Å². The summed E-state index contributed by atoms with van der Waals surface area (Å²) in [4.78, 5) is 17.8. The van der Waals surface area contributed by atoms with E-state index in [1.54, 1.807) is 11.6 Å².